The smallest absolute Gasteiger partial charge is 0.268 e. The summed E-state index contributed by atoms with van der Waals surface area (Å²) in [4.78, 5) is 28.6. The molecule has 5 heteroatoms. The highest BCUT2D eigenvalue weighted by Gasteiger charge is 2.14. The van der Waals surface area contributed by atoms with E-state index in [1.54, 1.807) is 24.4 Å². The van der Waals surface area contributed by atoms with Crippen molar-refractivity contribution in [1.29, 1.82) is 0 Å². The lowest BCUT2D eigenvalue weighted by atomic mass is 9.87. The van der Waals surface area contributed by atoms with Crippen LogP contribution in [0.25, 0.3) is 17.0 Å². The van der Waals surface area contributed by atoms with Crippen molar-refractivity contribution in [2.75, 3.05) is 0 Å². The maximum Gasteiger partial charge on any atom is 0.269 e. The van der Waals surface area contributed by atoms with Crippen LogP contribution < -0.4 is 10.9 Å². The summed E-state index contributed by atoms with van der Waals surface area (Å²) in [6, 6.07) is 16.9. The molecule has 3 rings (SSSR count). The second-order valence-electron chi connectivity index (χ2n) is 7.53. The number of pyridine rings is 1. The van der Waals surface area contributed by atoms with E-state index in [-0.39, 0.29) is 11.3 Å². The SMILES string of the molecule is CC(C)(C)c1ccc(C(=O)NNC(=O)/C=C/c2cccc3cccnc23)cc1. The monoisotopic (exact) mass is 373 g/mol. The maximum absolute atomic E-state index is 12.2. The zero-order chi connectivity index (χ0) is 20.1. The van der Waals surface area contributed by atoms with Crippen molar-refractivity contribution in [1.82, 2.24) is 15.8 Å². The van der Waals surface area contributed by atoms with Crippen LogP contribution in [-0.4, -0.2) is 16.8 Å². The fraction of sp³-hybridized carbons (Fsp3) is 0.174. The van der Waals surface area contributed by atoms with Crippen LogP contribution in [-0.2, 0) is 10.2 Å². The van der Waals surface area contributed by atoms with Gasteiger partial charge in [-0.1, -0.05) is 57.2 Å². The number of nitrogens with one attached hydrogen (secondary N) is 2. The van der Waals surface area contributed by atoms with E-state index in [1.807, 2.05) is 42.5 Å². The first-order valence-corrected chi connectivity index (χ1v) is 9.07. The summed E-state index contributed by atoms with van der Waals surface area (Å²) in [5.74, 6) is -0.790. The Balaban J connectivity index is 1.60. The largest absolute Gasteiger partial charge is 0.269 e. The van der Waals surface area contributed by atoms with Gasteiger partial charge in [-0.25, -0.2) is 0 Å². The van der Waals surface area contributed by atoms with E-state index in [2.05, 4.69) is 36.6 Å². The van der Waals surface area contributed by atoms with Gasteiger partial charge in [-0.2, -0.15) is 0 Å². The van der Waals surface area contributed by atoms with Gasteiger partial charge in [0.1, 0.15) is 0 Å². The predicted octanol–water partition coefficient (Wildman–Crippen LogP) is 4.01. The standard InChI is InChI=1S/C23H23N3O2/c1-23(2,3)19-12-9-18(10-13-19)22(28)26-25-20(27)14-11-17-7-4-6-16-8-5-15-24-21(16)17/h4-15H,1-3H3,(H,25,27)(H,26,28)/b14-11+. The van der Waals surface area contributed by atoms with E-state index in [0.29, 0.717) is 5.56 Å². The number of benzene rings is 2. The third-order valence-electron chi connectivity index (χ3n) is 4.39. The van der Waals surface area contributed by atoms with Gasteiger partial charge in [0.2, 0.25) is 0 Å². The molecule has 0 saturated heterocycles. The summed E-state index contributed by atoms with van der Waals surface area (Å²) in [5, 5.41) is 0.997. The lowest BCUT2D eigenvalue weighted by Gasteiger charge is -2.19. The molecule has 2 aromatic carbocycles. The van der Waals surface area contributed by atoms with Crippen molar-refractivity contribution >= 4 is 28.8 Å². The normalized spacial score (nSPS) is 11.5. The molecule has 0 bridgehead atoms. The lowest BCUT2D eigenvalue weighted by molar-refractivity contribution is -0.117. The Bertz CT molecular complexity index is 1030. The number of aromatic nitrogens is 1. The number of carbonyl (C=O) groups is 2. The van der Waals surface area contributed by atoms with Crippen LogP contribution in [0.1, 0.15) is 42.3 Å². The molecule has 1 heterocycles. The molecular weight excluding hydrogens is 350 g/mol. The first-order valence-electron chi connectivity index (χ1n) is 9.07. The Labute approximate surface area is 164 Å². The Morgan fingerprint density at radius 3 is 2.36 bits per heavy atom. The van der Waals surface area contributed by atoms with Crippen molar-refractivity contribution in [3.63, 3.8) is 0 Å². The fourth-order valence-corrected chi connectivity index (χ4v) is 2.78. The summed E-state index contributed by atoms with van der Waals surface area (Å²) in [5.41, 5.74) is 8.11. The minimum Gasteiger partial charge on any atom is -0.268 e. The molecule has 2 amide bonds. The average Bonchev–Trinajstić information content (AvgIpc) is 2.69. The van der Waals surface area contributed by atoms with Crippen LogP contribution >= 0.6 is 0 Å². The molecular formula is C23H23N3O2. The molecule has 5 nitrogen and oxygen atoms in total. The maximum atomic E-state index is 12.2. The Morgan fingerprint density at radius 1 is 0.929 bits per heavy atom. The van der Waals surface area contributed by atoms with Crippen LogP contribution in [0.4, 0.5) is 0 Å². The van der Waals surface area contributed by atoms with E-state index in [4.69, 9.17) is 0 Å². The number of nitrogens with zero attached hydrogens (tertiary/aromatic N) is 1. The molecule has 1 aromatic heterocycles. The van der Waals surface area contributed by atoms with Crippen molar-refractivity contribution in [2.45, 2.75) is 26.2 Å². The Morgan fingerprint density at radius 2 is 1.64 bits per heavy atom. The highest BCUT2D eigenvalue weighted by atomic mass is 16.2. The highest BCUT2D eigenvalue weighted by molar-refractivity contribution is 5.99. The third-order valence-corrected chi connectivity index (χ3v) is 4.39. The topological polar surface area (TPSA) is 71.1 Å². The van der Waals surface area contributed by atoms with E-state index in [9.17, 15) is 9.59 Å². The van der Waals surface area contributed by atoms with Gasteiger partial charge >= 0.3 is 0 Å². The summed E-state index contributed by atoms with van der Waals surface area (Å²) >= 11 is 0. The zero-order valence-electron chi connectivity index (χ0n) is 16.2. The molecule has 0 aliphatic heterocycles. The molecule has 0 radical (unpaired) electrons. The molecule has 0 atom stereocenters. The van der Waals surface area contributed by atoms with Crippen molar-refractivity contribution in [2.24, 2.45) is 0 Å². The van der Waals surface area contributed by atoms with Crippen molar-refractivity contribution in [3.8, 4) is 0 Å². The summed E-state index contributed by atoms with van der Waals surface area (Å²) < 4.78 is 0. The first kappa shape index (κ1) is 19.3. The molecule has 2 N–H and O–H groups in total. The van der Waals surface area contributed by atoms with Gasteiger partial charge in [-0.3, -0.25) is 25.4 Å². The molecule has 3 aromatic rings. The van der Waals surface area contributed by atoms with E-state index < -0.39 is 5.91 Å². The summed E-state index contributed by atoms with van der Waals surface area (Å²) in [6.07, 6.45) is 4.76. The Kier molecular flexibility index (Phi) is 5.54. The number of amides is 2. The number of fused-ring (bicyclic) bond motifs is 1. The first-order chi connectivity index (χ1) is 13.3. The number of para-hydroxylation sites is 1. The molecule has 0 fully saturated rings. The molecule has 0 aliphatic rings. The van der Waals surface area contributed by atoms with E-state index in [0.717, 1.165) is 22.0 Å². The van der Waals surface area contributed by atoms with Crippen LogP contribution in [0.5, 0.6) is 0 Å². The van der Waals surface area contributed by atoms with E-state index in [1.165, 1.54) is 6.08 Å². The zero-order valence-corrected chi connectivity index (χ0v) is 16.2. The molecule has 142 valence electrons. The molecule has 0 unspecified atom stereocenters. The number of carbonyl (C=O) groups excluding carboxylic acids is 2. The average molecular weight is 373 g/mol. The third kappa shape index (κ3) is 4.62. The van der Waals surface area contributed by atoms with Gasteiger partial charge < -0.3 is 0 Å². The minimum atomic E-state index is -0.424. The van der Waals surface area contributed by atoms with Crippen LogP contribution in [0.15, 0.2) is 66.9 Å². The van der Waals surface area contributed by atoms with Crippen LogP contribution in [0.2, 0.25) is 0 Å². The van der Waals surface area contributed by atoms with Gasteiger partial charge in [0.15, 0.2) is 0 Å². The van der Waals surface area contributed by atoms with Gasteiger partial charge in [0, 0.05) is 28.8 Å². The molecule has 0 saturated carbocycles. The van der Waals surface area contributed by atoms with Crippen LogP contribution in [0, 0.1) is 0 Å². The predicted molar refractivity (Wildman–Crippen MR) is 112 cm³/mol. The molecule has 0 aliphatic carbocycles. The lowest BCUT2D eigenvalue weighted by Crippen LogP contribution is -2.40. The number of rotatable bonds is 3. The second-order valence-corrected chi connectivity index (χ2v) is 7.53. The van der Waals surface area contributed by atoms with Gasteiger partial charge in [0.05, 0.1) is 5.52 Å². The number of hydrazine groups is 1. The molecule has 0 spiro atoms. The van der Waals surface area contributed by atoms with Gasteiger partial charge in [-0.15, -0.1) is 0 Å². The van der Waals surface area contributed by atoms with Gasteiger partial charge in [0.25, 0.3) is 11.8 Å². The summed E-state index contributed by atoms with van der Waals surface area (Å²) in [7, 11) is 0. The quantitative estimate of drug-likeness (QED) is 0.538. The van der Waals surface area contributed by atoms with Crippen molar-refractivity contribution in [3.05, 3.63) is 83.6 Å². The summed E-state index contributed by atoms with van der Waals surface area (Å²) in [6.45, 7) is 6.33. The Hall–Kier alpha value is -3.47. The number of hydrogen-bond donors (Lipinski definition) is 2. The minimum absolute atomic E-state index is 0.0183. The second kappa shape index (κ2) is 8.05. The molecule has 28 heavy (non-hydrogen) atoms. The fourth-order valence-electron chi connectivity index (χ4n) is 2.78. The number of hydrogen-bond acceptors (Lipinski definition) is 3. The van der Waals surface area contributed by atoms with Crippen LogP contribution in [0.3, 0.4) is 0 Å². The highest BCUT2D eigenvalue weighted by Crippen LogP contribution is 2.22. The van der Waals surface area contributed by atoms with Crippen molar-refractivity contribution < 1.29 is 9.59 Å². The van der Waals surface area contributed by atoms with E-state index >= 15 is 0 Å². The van der Waals surface area contributed by atoms with Gasteiger partial charge in [-0.05, 0) is 35.3 Å².